The van der Waals surface area contributed by atoms with Gasteiger partial charge >= 0.3 is 6.03 Å². The largest absolute Gasteiger partial charge is 0.486 e. The molecule has 4 rings (SSSR count). The number of urea groups is 1. The highest BCUT2D eigenvalue weighted by Gasteiger charge is 2.31. The zero-order valence-corrected chi connectivity index (χ0v) is 13.3. The number of carbonyl (C=O) groups excluding carboxylic acids is 1. The number of rotatable bonds is 2. The van der Waals surface area contributed by atoms with E-state index in [2.05, 4.69) is 10.3 Å². The summed E-state index contributed by atoms with van der Waals surface area (Å²) in [6, 6.07) is 9.54. The molecule has 1 atom stereocenters. The van der Waals surface area contributed by atoms with Gasteiger partial charge < -0.3 is 19.7 Å². The van der Waals surface area contributed by atoms with Gasteiger partial charge in [0.15, 0.2) is 11.5 Å². The van der Waals surface area contributed by atoms with Crippen molar-refractivity contribution in [2.45, 2.75) is 18.9 Å². The van der Waals surface area contributed by atoms with Crippen LogP contribution in [0.2, 0.25) is 0 Å². The highest BCUT2D eigenvalue weighted by atomic mass is 16.6. The number of amides is 2. The van der Waals surface area contributed by atoms with Crippen LogP contribution in [-0.2, 0) is 0 Å². The van der Waals surface area contributed by atoms with E-state index in [9.17, 15) is 4.79 Å². The molecule has 0 saturated carbocycles. The second kappa shape index (κ2) is 6.39. The SMILES string of the molecule is O=C(Nc1cccnc1)N1CCCC1c1ccc2c(c1)OCCO2. The number of nitrogens with zero attached hydrogens (tertiary/aromatic N) is 2. The molecule has 2 aliphatic heterocycles. The van der Waals surface area contributed by atoms with Crippen LogP contribution < -0.4 is 14.8 Å². The minimum absolute atomic E-state index is 0.0532. The number of benzene rings is 1. The summed E-state index contributed by atoms with van der Waals surface area (Å²) in [6.07, 6.45) is 5.26. The summed E-state index contributed by atoms with van der Waals surface area (Å²) in [7, 11) is 0. The fourth-order valence-corrected chi connectivity index (χ4v) is 3.26. The van der Waals surface area contributed by atoms with Gasteiger partial charge in [0.25, 0.3) is 0 Å². The van der Waals surface area contributed by atoms with E-state index in [1.807, 2.05) is 29.2 Å². The summed E-state index contributed by atoms with van der Waals surface area (Å²) in [5.41, 5.74) is 1.79. The number of fused-ring (bicyclic) bond motifs is 1. The number of likely N-dealkylation sites (tertiary alicyclic amines) is 1. The van der Waals surface area contributed by atoms with Gasteiger partial charge in [-0.1, -0.05) is 6.07 Å². The van der Waals surface area contributed by atoms with Crippen molar-refractivity contribution in [2.24, 2.45) is 0 Å². The van der Waals surface area contributed by atoms with Crippen molar-refractivity contribution >= 4 is 11.7 Å². The summed E-state index contributed by atoms with van der Waals surface area (Å²) < 4.78 is 11.2. The molecule has 1 aromatic carbocycles. The second-order valence-electron chi connectivity index (χ2n) is 5.93. The molecule has 1 aromatic heterocycles. The average molecular weight is 325 g/mol. The number of hydrogen-bond acceptors (Lipinski definition) is 4. The van der Waals surface area contributed by atoms with Crippen LogP contribution in [0.15, 0.2) is 42.7 Å². The Kier molecular flexibility index (Phi) is 3.94. The van der Waals surface area contributed by atoms with Crippen molar-refractivity contribution in [2.75, 3.05) is 25.1 Å². The van der Waals surface area contributed by atoms with Crippen LogP contribution in [0.25, 0.3) is 0 Å². The Morgan fingerprint density at radius 3 is 2.92 bits per heavy atom. The molecule has 124 valence electrons. The minimum Gasteiger partial charge on any atom is -0.486 e. The van der Waals surface area contributed by atoms with Crippen molar-refractivity contribution in [3.05, 3.63) is 48.3 Å². The number of anilines is 1. The number of aromatic nitrogens is 1. The van der Waals surface area contributed by atoms with E-state index < -0.39 is 0 Å². The van der Waals surface area contributed by atoms with E-state index in [-0.39, 0.29) is 12.1 Å². The van der Waals surface area contributed by atoms with Crippen molar-refractivity contribution in [3.8, 4) is 11.5 Å². The molecule has 0 bridgehead atoms. The molecule has 1 saturated heterocycles. The van der Waals surface area contributed by atoms with Gasteiger partial charge in [-0.15, -0.1) is 0 Å². The maximum absolute atomic E-state index is 12.6. The number of hydrogen-bond donors (Lipinski definition) is 1. The molecular weight excluding hydrogens is 306 g/mol. The van der Waals surface area contributed by atoms with Crippen LogP contribution >= 0.6 is 0 Å². The molecule has 2 aromatic rings. The monoisotopic (exact) mass is 325 g/mol. The van der Waals surface area contributed by atoms with Crippen LogP contribution in [0.4, 0.5) is 10.5 Å². The highest BCUT2D eigenvalue weighted by Crippen LogP contribution is 2.38. The van der Waals surface area contributed by atoms with Gasteiger partial charge in [0.1, 0.15) is 13.2 Å². The van der Waals surface area contributed by atoms with Gasteiger partial charge in [0.2, 0.25) is 0 Å². The van der Waals surface area contributed by atoms with E-state index in [1.165, 1.54) is 0 Å². The Hall–Kier alpha value is -2.76. The third-order valence-corrected chi connectivity index (χ3v) is 4.38. The molecule has 2 amide bonds. The van der Waals surface area contributed by atoms with Crippen molar-refractivity contribution in [1.82, 2.24) is 9.88 Å². The van der Waals surface area contributed by atoms with Crippen LogP contribution in [0.5, 0.6) is 11.5 Å². The number of carbonyl (C=O) groups is 1. The third-order valence-electron chi connectivity index (χ3n) is 4.38. The predicted molar refractivity (Wildman–Crippen MR) is 89.4 cm³/mol. The van der Waals surface area contributed by atoms with Crippen molar-refractivity contribution in [1.29, 1.82) is 0 Å². The first kappa shape index (κ1) is 14.8. The Bertz CT molecular complexity index is 736. The smallest absolute Gasteiger partial charge is 0.322 e. The molecule has 1 fully saturated rings. The predicted octanol–water partition coefficient (Wildman–Crippen LogP) is 3.22. The lowest BCUT2D eigenvalue weighted by Gasteiger charge is -2.26. The van der Waals surface area contributed by atoms with Crippen LogP contribution in [-0.4, -0.2) is 35.7 Å². The first-order chi connectivity index (χ1) is 11.8. The maximum atomic E-state index is 12.6. The Morgan fingerprint density at radius 2 is 2.08 bits per heavy atom. The quantitative estimate of drug-likeness (QED) is 0.921. The lowest BCUT2D eigenvalue weighted by atomic mass is 10.0. The first-order valence-electron chi connectivity index (χ1n) is 8.18. The first-order valence-corrected chi connectivity index (χ1v) is 8.18. The number of nitrogens with one attached hydrogen (secondary N) is 1. The summed E-state index contributed by atoms with van der Waals surface area (Å²) >= 11 is 0. The van der Waals surface area contributed by atoms with Gasteiger partial charge in [0, 0.05) is 12.7 Å². The zero-order valence-electron chi connectivity index (χ0n) is 13.3. The normalized spacial score (nSPS) is 19.2. The third kappa shape index (κ3) is 2.87. The average Bonchev–Trinajstić information content (AvgIpc) is 3.12. The maximum Gasteiger partial charge on any atom is 0.322 e. The highest BCUT2D eigenvalue weighted by molar-refractivity contribution is 5.89. The van der Waals surface area contributed by atoms with Crippen LogP contribution in [0.1, 0.15) is 24.4 Å². The molecule has 6 nitrogen and oxygen atoms in total. The van der Waals surface area contributed by atoms with E-state index >= 15 is 0 Å². The molecule has 0 spiro atoms. The summed E-state index contributed by atoms with van der Waals surface area (Å²) in [5.74, 6) is 1.53. The standard InChI is InChI=1S/C18H19N3O3/c22-18(20-14-3-1-7-19-12-14)21-8-2-4-15(21)13-5-6-16-17(11-13)24-10-9-23-16/h1,3,5-7,11-12,15H,2,4,8-10H2,(H,20,22). The Balaban J connectivity index is 1.53. The van der Waals surface area contributed by atoms with Crippen molar-refractivity contribution < 1.29 is 14.3 Å². The van der Waals surface area contributed by atoms with Gasteiger partial charge in [-0.2, -0.15) is 0 Å². The van der Waals surface area contributed by atoms with E-state index in [0.29, 0.717) is 18.9 Å². The second-order valence-corrected chi connectivity index (χ2v) is 5.93. The fourth-order valence-electron chi connectivity index (χ4n) is 3.26. The van der Waals surface area contributed by atoms with Gasteiger partial charge in [-0.05, 0) is 42.7 Å². The zero-order chi connectivity index (χ0) is 16.4. The molecule has 24 heavy (non-hydrogen) atoms. The van der Waals surface area contributed by atoms with E-state index in [1.54, 1.807) is 18.5 Å². The molecule has 3 heterocycles. The van der Waals surface area contributed by atoms with Crippen LogP contribution in [0, 0.1) is 0 Å². The topological polar surface area (TPSA) is 63.7 Å². The minimum atomic E-state index is -0.0969. The van der Waals surface area contributed by atoms with E-state index in [0.717, 1.165) is 36.4 Å². The lowest BCUT2D eigenvalue weighted by molar-refractivity contribution is 0.170. The van der Waals surface area contributed by atoms with Gasteiger partial charge in [-0.3, -0.25) is 4.98 Å². The molecule has 1 N–H and O–H groups in total. The molecule has 1 unspecified atom stereocenters. The van der Waals surface area contributed by atoms with Gasteiger partial charge in [-0.25, -0.2) is 4.79 Å². The molecule has 2 aliphatic rings. The summed E-state index contributed by atoms with van der Waals surface area (Å²) in [5, 5.41) is 2.91. The fraction of sp³-hybridized carbons (Fsp3) is 0.333. The number of ether oxygens (including phenoxy) is 2. The molecule has 0 aliphatic carbocycles. The number of pyridine rings is 1. The Morgan fingerprint density at radius 1 is 1.21 bits per heavy atom. The Labute approximate surface area is 140 Å². The van der Waals surface area contributed by atoms with Gasteiger partial charge in [0.05, 0.1) is 17.9 Å². The molecular formula is C18H19N3O3. The molecule has 0 radical (unpaired) electrons. The van der Waals surface area contributed by atoms with Crippen molar-refractivity contribution in [3.63, 3.8) is 0 Å². The summed E-state index contributed by atoms with van der Waals surface area (Å²) in [6.45, 7) is 1.88. The van der Waals surface area contributed by atoms with E-state index in [4.69, 9.17) is 9.47 Å². The molecule has 6 heteroatoms. The summed E-state index contributed by atoms with van der Waals surface area (Å²) in [4.78, 5) is 18.5. The lowest BCUT2D eigenvalue weighted by Crippen LogP contribution is -2.34. The van der Waals surface area contributed by atoms with Crippen LogP contribution in [0.3, 0.4) is 0 Å².